The Morgan fingerprint density at radius 2 is 2.08 bits per heavy atom. The molecule has 1 unspecified atom stereocenters. The van der Waals surface area contributed by atoms with E-state index in [9.17, 15) is 9.59 Å². The number of benzene rings is 1. The van der Waals surface area contributed by atoms with E-state index in [4.69, 9.17) is 20.0 Å². The first-order chi connectivity index (χ1) is 18.1. The van der Waals surface area contributed by atoms with Gasteiger partial charge >= 0.3 is 0 Å². The van der Waals surface area contributed by atoms with Crippen LogP contribution in [0.25, 0.3) is 16.8 Å². The maximum atomic E-state index is 13.0. The number of nitrogens with one attached hydrogen (secondary N) is 1. The Kier molecular flexibility index (Phi) is 6.95. The number of rotatable bonds is 7. The SMILES string of the molecule is COC/C=C/C(=O)N1CCCCC1c1nc(-c2ccc(C(=O)Nc3ccon3)cc2)c2c(N)nccn12. The van der Waals surface area contributed by atoms with Gasteiger partial charge in [0.2, 0.25) is 5.91 Å². The third-order valence-electron chi connectivity index (χ3n) is 6.32. The fourth-order valence-corrected chi connectivity index (χ4v) is 4.57. The molecular formula is C26H27N7O4. The topological polar surface area (TPSA) is 141 Å². The van der Waals surface area contributed by atoms with Gasteiger partial charge < -0.3 is 25.2 Å². The lowest BCUT2D eigenvalue weighted by atomic mass is 10.0. The van der Waals surface area contributed by atoms with E-state index in [-0.39, 0.29) is 17.9 Å². The zero-order chi connectivity index (χ0) is 25.8. The van der Waals surface area contributed by atoms with Crippen LogP contribution in [0.5, 0.6) is 0 Å². The summed E-state index contributed by atoms with van der Waals surface area (Å²) in [5, 5.41) is 6.37. The van der Waals surface area contributed by atoms with Crippen molar-refractivity contribution in [3.63, 3.8) is 0 Å². The number of fused-ring (bicyclic) bond motifs is 1. The molecule has 1 aliphatic heterocycles. The molecule has 4 heterocycles. The summed E-state index contributed by atoms with van der Waals surface area (Å²) in [4.78, 5) is 36.7. The lowest BCUT2D eigenvalue weighted by Crippen LogP contribution is -2.38. The van der Waals surface area contributed by atoms with Crippen molar-refractivity contribution in [3.8, 4) is 11.3 Å². The molecule has 4 aromatic rings. The molecular weight excluding hydrogens is 474 g/mol. The van der Waals surface area contributed by atoms with Gasteiger partial charge in [0.1, 0.15) is 29.1 Å². The summed E-state index contributed by atoms with van der Waals surface area (Å²) in [6.07, 6.45) is 10.8. The minimum absolute atomic E-state index is 0.0791. The maximum Gasteiger partial charge on any atom is 0.256 e. The number of piperidine rings is 1. The number of nitrogens with two attached hydrogens (primary N) is 1. The van der Waals surface area contributed by atoms with Crippen molar-refractivity contribution in [1.82, 2.24) is 24.4 Å². The molecule has 0 radical (unpaired) electrons. The molecule has 190 valence electrons. The Balaban J connectivity index is 1.49. The average molecular weight is 502 g/mol. The molecule has 3 aromatic heterocycles. The molecule has 0 bridgehead atoms. The number of hydrogen-bond donors (Lipinski definition) is 2. The summed E-state index contributed by atoms with van der Waals surface area (Å²) < 4.78 is 11.7. The molecule has 0 spiro atoms. The highest BCUT2D eigenvalue weighted by atomic mass is 16.5. The number of ether oxygens (including phenoxy) is 1. The molecule has 5 rings (SSSR count). The van der Waals surface area contributed by atoms with Crippen molar-refractivity contribution in [2.24, 2.45) is 0 Å². The molecule has 0 aliphatic carbocycles. The summed E-state index contributed by atoms with van der Waals surface area (Å²) in [6.45, 7) is 1.01. The second-order valence-corrected chi connectivity index (χ2v) is 8.67. The van der Waals surface area contributed by atoms with E-state index in [1.807, 2.05) is 27.6 Å². The normalized spacial score (nSPS) is 15.9. The first kappa shape index (κ1) is 24.2. The van der Waals surface area contributed by atoms with Crippen molar-refractivity contribution < 1.29 is 18.8 Å². The molecule has 1 atom stereocenters. The fourth-order valence-electron chi connectivity index (χ4n) is 4.57. The second-order valence-electron chi connectivity index (χ2n) is 8.67. The Bertz CT molecular complexity index is 1430. The standard InChI is InChI=1S/C26H27N7O4/c1-36-15-4-6-21(34)32-13-3-2-5-19(32)25-30-22(23-24(27)28-12-14-33(23)25)17-7-9-18(10-8-17)26(35)29-20-11-16-37-31-20/h4,6-12,14,16,19H,2-3,5,13,15H2,1H3,(H2,27,28)(H,29,31,35)/b6-4+. The predicted octanol–water partition coefficient (Wildman–Crippen LogP) is 3.48. The number of hydrogen-bond acceptors (Lipinski definition) is 8. The van der Waals surface area contributed by atoms with Crippen LogP contribution in [0.2, 0.25) is 0 Å². The molecule has 0 saturated carbocycles. The lowest BCUT2D eigenvalue weighted by Gasteiger charge is -2.34. The molecule has 11 heteroatoms. The Morgan fingerprint density at radius 3 is 2.84 bits per heavy atom. The second kappa shape index (κ2) is 10.6. The lowest BCUT2D eigenvalue weighted by molar-refractivity contribution is -0.130. The first-order valence-corrected chi connectivity index (χ1v) is 12.0. The number of nitrogen functional groups attached to an aromatic ring is 1. The number of carbonyl (C=O) groups excluding carboxylic acids is 2. The minimum atomic E-state index is -0.310. The van der Waals surface area contributed by atoms with Crippen molar-refractivity contribution >= 4 is 29.0 Å². The van der Waals surface area contributed by atoms with E-state index in [1.165, 1.54) is 6.26 Å². The third-order valence-corrected chi connectivity index (χ3v) is 6.32. The van der Waals surface area contributed by atoms with Gasteiger partial charge in [-0.15, -0.1) is 0 Å². The van der Waals surface area contributed by atoms with Gasteiger partial charge in [-0.25, -0.2) is 9.97 Å². The van der Waals surface area contributed by atoms with Crippen molar-refractivity contribution in [2.75, 3.05) is 31.3 Å². The summed E-state index contributed by atoms with van der Waals surface area (Å²) in [7, 11) is 1.59. The summed E-state index contributed by atoms with van der Waals surface area (Å²) in [5.74, 6) is 0.999. The van der Waals surface area contributed by atoms with Gasteiger partial charge in [0, 0.05) is 49.3 Å². The van der Waals surface area contributed by atoms with Crippen molar-refractivity contribution in [3.05, 3.63) is 72.5 Å². The smallest absolute Gasteiger partial charge is 0.256 e. The van der Waals surface area contributed by atoms with Gasteiger partial charge in [0.05, 0.1) is 12.6 Å². The molecule has 1 saturated heterocycles. The number of imidazole rings is 1. The van der Waals surface area contributed by atoms with E-state index in [2.05, 4.69) is 15.5 Å². The number of likely N-dealkylation sites (tertiary alicyclic amines) is 1. The largest absolute Gasteiger partial charge is 0.382 e. The monoisotopic (exact) mass is 501 g/mol. The van der Waals surface area contributed by atoms with Gasteiger partial charge in [0.15, 0.2) is 5.82 Å². The molecule has 1 fully saturated rings. The van der Waals surface area contributed by atoms with E-state index in [1.54, 1.807) is 43.7 Å². The molecule has 3 N–H and O–H groups in total. The fraction of sp³-hybridized carbons (Fsp3) is 0.269. The van der Waals surface area contributed by atoms with Crippen LogP contribution in [-0.2, 0) is 9.53 Å². The molecule has 1 aliphatic rings. The third kappa shape index (κ3) is 4.94. The van der Waals surface area contributed by atoms with Crippen LogP contribution >= 0.6 is 0 Å². The van der Waals surface area contributed by atoms with Crippen LogP contribution in [0.3, 0.4) is 0 Å². The number of anilines is 2. The van der Waals surface area contributed by atoms with Gasteiger partial charge in [0.25, 0.3) is 5.91 Å². The summed E-state index contributed by atoms with van der Waals surface area (Å²) in [5.41, 5.74) is 8.83. The highest BCUT2D eigenvalue weighted by Crippen LogP contribution is 2.36. The maximum absolute atomic E-state index is 13.0. The minimum Gasteiger partial charge on any atom is -0.382 e. The van der Waals surface area contributed by atoms with E-state index < -0.39 is 0 Å². The number of aromatic nitrogens is 4. The van der Waals surface area contributed by atoms with Crippen LogP contribution in [0, 0.1) is 0 Å². The molecule has 1 aromatic carbocycles. The van der Waals surface area contributed by atoms with Gasteiger partial charge in [-0.1, -0.05) is 23.4 Å². The zero-order valence-corrected chi connectivity index (χ0v) is 20.3. The summed E-state index contributed by atoms with van der Waals surface area (Å²) >= 11 is 0. The van der Waals surface area contributed by atoms with Crippen LogP contribution in [-0.4, -0.2) is 56.5 Å². The van der Waals surface area contributed by atoms with Crippen LogP contribution in [0.4, 0.5) is 11.6 Å². The van der Waals surface area contributed by atoms with Crippen LogP contribution < -0.4 is 11.1 Å². The van der Waals surface area contributed by atoms with E-state index in [0.29, 0.717) is 41.6 Å². The van der Waals surface area contributed by atoms with Crippen molar-refractivity contribution in [1.29, 1.82) is 0 Å². The Morgan fingerprint density at radius 1 is 1.24 bits per heavy atom. The number of amides is 2. The van der Waals surface area contributed by atoms with Crippen LogP contribution in [0.1, 0.15) is 41.5 Å². The highest BCUT2D eigenvalue weighted by molar-refractivity contribution is 6.04. The number of methoxy groups -OCH3 is 1. The Hall–Kier alpha value is -4.51. The van der Waals surface area contributed by atoms with Gasteiger partial charge in [-0.05, 0) is 31.4 Å². The predicted molar refractivity (Wildman–Crippen MR) is 137 cm³/mol. The van der Waals surface area contributed by atoms with Crippen LogP contribution in [0.15, 0.2) is 65.7 Å². The molecule has 37 heavy (non-hydrogen) atoms. The summed E-state index contributed by atoms with van der Waals surface area (Å²) in [6, 6.07) is 8.39. The van der Waals surface area contributed by atoms with E-state index >= 15 is 0 Å². The van der Waals surface area contributed by atoms with E-state index in [0.717, 1.165) is 30.7 Å². The molecule has 2 amide bonds. The highest BCUT2D eigenvalue weighted by Gasteiger charge is 2.31. The number of carbonyl (C=O) groups is 2. The number of nitrogens with zero attached hydrogens (tertiary/aromatic N) is 5. The quantitative estimate of drug-likeness (QED) is 0.367. The van der Waals surface area contributed by atoms with Crippen molar-refractivity contribution in [2.45, 2.75) is 25.3 Å². The average Bonchev–Trinajstić information content (AvgIpc) is 3.57. The van der Waals surface area contributed by atoms with Gasteiger partial charge in [-0.2, -0.15) is 0 Å². The first-order valence-electron chi connectivity index (χ1n) is 12.0. The zero-order valence-electron chi connectivity index (χ0n) is 20.3. The Labute approximate surface area is 212 Å². The molecule has 11 nitrogen and oxygen atoms in total. The van der Waals surface area contributed by atoms with Gasteiger partial charge in [-0.3, -0.25) is 14.0 Å².